The third-order valence-corrected chi connectivity index (χ3v) is 2.08. The molecule has 9 nitrogen and oxygen atoms in total. The predicted octanol–water partition coefficient (Wildman–Crippen LogP) is -2.82. The third-order valence-electron chi connectivity index (χ3n) is 1.82. The fourth-order valence-electron chi connectivity index (χ4n) is 0.828. The minimum Gasteiger partial charge on any atom is -0.387 e. The zero-order valence-corrected chi connectivity index (χ0v) is 10.3. The molecular weight excluding hydrogens is 282 g/mol. The van der Waals surface area contributed by atoms with Crippen LogP contribution in [0.1, 0.15) is 0 Å². The minimum absolute atomic E-state index is 0.0349. The molecule has 0 aliphatic heterocycles. The molecule has 108 valence electrons. The largest absolute Gasteiger partial charge is 0.387 e. The molecule has 0 aliphatic carbocycles. The molecule has 19 heavy (non-hydrogen) atoms. The first-order valence-electron chi connectivity index (χ1n) is 4.92. The van der Waals surface area contributed by atoms with Crippen LogP contribution >= 0.6 is 11.6 Å². The van der Waals surface area contributed by atoms with E-state index in [9.17, 15) is 9.59 Å². The quantitative estimate of drug-likeness (QED) is 0.255. The van der Waals surface area contributed by atoms with Crippen molar-refractivity contribution in [3.05, 3.63) is 22.7 Å². The van der Waals surface area contributed by atoms with Gasteiger partial charge in [-0.1, -0.05) is 11.6 Å². The molecule has 0 bridgehead atoms. The van der Waals surface area contributed by atoms with Crippen molar-refractivity contribution in [3.8, 4) is 0 Å². The lowest BCUT2D eigenvalue weighted by atomic mass is 10.1. The van der Waals surface area contributed by atoms with E-state index < -0.39 is 29.6 Å². The Morgan fingerprint density at radius 2 is 1.89 bits per heavy atom. The summed E-state index contributed by atoms with van der Waals surface area (Å²) in [5, 5.41) is 34.6. The van der Waals surface area contributed by atoms with E-state index in [0.717, 1.165) is 0 Å². The molecule has 0 radical (unpaired) electrons. The van der Waals surface area contributed by atoms with Crippen LogP contribution in [0.3, 0.4) is 0 Å². The molecule has 0 spiro atoms. The van der Waals surface area contributed by atoms with Crippen molar-refractivity contribution in [1.29, 1.82) is 0 Å². The van der Waals surface area contributed by atoms with Gasteiger partial charge >= 0.3 is 5.69 Å². The zero-order chi connectivity index (χ0) is 15.0. The second-order valence-electron chi connectivity index (χ2n) is 3.31. The number of H-pyrrole nitrogens is 1. The van der Waals surface area contributed by atoms with E-state index in [0.29, 0.717) is 5.82 Å². The van der Waals surface area contributed by atoms with Crippen LogP contribution in [0.5, 0.6) is 0 Å². The number of hydrogen-bond acceptors (Lipinski definition) is 8. The molecule has 1 aromatic rings. The number of halogens is 1. The van der Waals surface area contributed by atoms with E-state index in [2.05, 4.69) is 9.97 Å². The molecule has 0 aliphatic rings. The Kier molecular flexibility index (Phi) is 7.87. The van der Waals surface area contributed by atoms with Crippen LogP contribution in [0.25, 0.3) is 0 Å². The van der Waals surface area contributed by atoms with Crippen LogP contribution in [0.2, 0.25) is 0 Å². The lowest BCUT2D eigenvalue weighted by Gasteiger charge is -2.19. The van der Waals surface area contributed by atoms with Crippen molar-refractivity contribution in [2.75, 3.05) is 5.73 Å². The van der Waals surface area contributed by atoms with Crippen molar-refractivity contribution in [2.24, 2.45) is 0 Å². The minimum atomic E-state index is -1.76. The Hall–Kier alpha value is -1.52. The molecule has 0 amide bonds. The number of anilines is 1. The topological polar surface area (TPSA) is 170 Å². The molecule has 0 saturated heterocycles. The van der Waals surface area contributed by atoms with Gasteiger partial charge in [0.05, 0.1) is 0 Å². The second kappa shape index (κ2) is 8.56. The Morgan fingerprint density at radius 3 is 2.21 bits per heavy atom. The molecule has 0 aromatic carbocycles. The summed E-state index contributed by atoms with van der Waals surface area (Å²) in [5.41, 5.74) is 3.04. The molecule has 1 heterocycles. The number of aliphatic hydroxyl groups is 4. The Morgan fingerprint density at radius 1 is 1.32 bits per heavy atom. The molecule has 10 heteroatoms. The van der Waals surface area contributed by atoms with E-state index >= 15 is 0 Å². The maximum Gasteiger partial charge on any atom is 0.346 e. The van der Waals surface area contributed by atoms with E-state index in [4.69, 9.17) is 37.8 Å². The van der Waals surface area contributed by atoms with Crippen LogP contribution in [0.15, 0.2) is 17.1 Å². The van der Waals surface area contributed by atoms with Gasteiger partial charge in [-0.15, -0.1) is 0 Å². The van der Waals surface area contributed by atoms with Gasteiger partial charge in [-0.2, -0.15) is 0 Å². The summed E-state index contributed by atoms with van der Waals surface area (Å²) in [6.07, 6.45) is -3.85. The van der Waals surface area contributed by atoms with Gasteiger partial charge in [0, 0.05) is 6.20 Å². The first kappa shape index (κ1) is 17.5. The number of aldehydes is 1. The van der Waals surface area contributed by atoms with Crippen molar-refractivity contribution in [2.45, 2.75) is 23.9 Å². The number of aliphatic hydroxyl groups excluding tert-OH is 4. The van der Waals surface area contributed by atoms with Gasteiger partial charge in [0.1, 0.15) is 24.1 Å². The number of nitrogen functional groups attached to an aromatic ring is 1. The monoisotopic (exact) mass is 295 g/mol. The maximum atomic E-state index is 10.2. The Labute approximate surface area is 112 Å². The predicted molar refractivity (Wildman–Crippen MR) is 65.2 cm³/mol. The molecule has 0 saturated carbocycles. The first-order valence-corrected chi connectivity index (χ1v) is 5.35. The molecule has 1 rings (SSSR count). The summed E-state index contributed by atoms with van der Waals surface area (Å²) in [6, 6.07) is 1.52. The number of aromatic amines is 1. The highest BCUT2D eigenvalue weighted by atomic mass is 35.5. The number of aromatic nitrogens is 2. The Balaban J connectivity index is 0.000000356. The fraction of sp³-hybridized carbons (Fsp3) is 0.444. The lowest BCUT2D eigenvalue weighted by molar-refractivity contribution is -0.129. The van der Waals surface area contributed by atoms with Crippen molar-refractivity contribution < 1.29 is 25.2 Å². The highest BCUT2D eigenvalue weighted by molar-refractivity contribution is 6.19. The van der Waals surface area contributed by atoms with Gasteiger partial charge in [-0.25, -0.2) is 9.78 Å². The van der Waals surface area contributed by atoms with Crippen molar-refractivity contribution >= 4 is 23.7 Å². The zero-order valence-electron chi connectivity index (χ0n) is 9.55. The van der Waals surface area contributed by atoms with Gasteiger partial charge in [-0.3, -0.25) is 4.98 Å². The number of alkyl halides is 1. The number of hydrogen-bond donors (Lipinski definition) is 6. The molecular formula is C9H14ClN3O6. The number of nitrogens with one attached hydrogen (secondary N) is 1. The summed E-state index contributed by atoms with van der Waals surface area (Å²) >= 11 is 4.94. The van der Waals surface area contributed by atoms with Gasteiger partial charge in [0.25, 0.3) is 0 Å². The van der Waals surface area contributed by atoms with Crippen LogP contribution < -0.4 is 11.4 Å². The number of rotatable bonds is 4. The fourth-order valence-corrected chi connectivity index (χ4v) is 0.977. The van der Waals surface area contributed by atoms with Crippen LogP contribution in [-0.2, 0) is 4.79 Å². The van der Waals surface area contributed by atoms with E-state index in [1.54, 1.807) is 0 Å². The van der Waals surface area contributed by atoms with Crippen LogP contribution in [0, 0.1) is 0 Å². The normalized spacial score (nSPS) is 16.5. The summed E-state index contributed by atoms with van der Waals surface area (Å²) in [7, 11) is 0. The average molecular weight is 296 g/mol. The van der Waals surface area contributed by atoms with Crippen LogP contribution in [0.4, 0.5) is 5.82 Å². The highest BCUT2D eigenvalue weighted by Crippen LogP contribution is 2.06. The smallest absolute Gasteiger partial charge is 0.346 e. The number of carbonyl (C=O) groups is 1. The molecule has 1 aromatic heterocycles. The van der Waals surface area contributed by atoms with E-state index in [1.807, 2.05) is 0 Å². The number of carbonyl (C=O) groups excluding carboxylic acids is 1. The van der Waals surface area contributed by atoms with Gasteiger partial charge in [-0.05, 0) is 6.07 Å². The summed E-state index contributed by atoms with van der Waals surface area (Å²) in [4.78, 5) is 25.7. The van der Waals surface area contributed by atoms with E-state index in [1.165, 1.54) is 12.3 Å². The summed E-state index contributed by atoms with van der Waals surface area (Å²) in [6.45, 7) is 0. The first-order chi connectivity index (χ1) is 8.79. The molecule has 4 unspecified atom stereocenters. The number of nitrogens with two attached hydrogens (primary N) is 1. The second-order valence-corrected chi connectivity index (χ2v) is 3.76. The van der Waals surface area contributed by atoms with Crippen LogP contribution in [-0.4, -0.2) is 60.6 Å². The molecule has 7 N–H and O–H groups in total. The highest BCUT2D eigenvalue weighted by Gasteiger charge is 2.28. The van der Waals surface area contributed by atoms with Gasteiger partial charge in [0.2, 0.25) is 0 Å². The maximum absolute atomic E-state index is 10.2. The summed E-state index contributed by atoms with van der Waals surface area (Å²) in [5.74, 6) is 0.338. The SMILES string of the molecule is Nc1ccnc(=O)[nH]1.O=CC(O)C(O)C(O)C(O)Cl. The standard InChI is InChI=1S/C5H9ClO5.C4H5N3O/c6-5(11)4(10)3(9)2(8)1-7;5-3-1-2-6-4(8)7-3/h1-5,8-11H;1-2H,(H3,5,6,7,8). The molecule has 4 atom stereocenters. The summed E-state index contributed by atoms with van der Waals surface area (Å²) < 4.78 is 0. The van der Waals surface area contributed by atoms with E-state index in [-0.39, 0.29) is 6.29 Å². The van der Waals surface area contributed by atoms with Crippen molar-refractivity contribution in [1.82, 2.24) is 9.97 Å². The van der Waals surface area contributed by atoms with Gasteiger partial charge < -0.3 is 31.0 Å². The Bertz CT molecular complexity index is 440. The lowest BCUT2D eigenvalue weighted by Crippen LogP contribution is -2.43. The third kappa shape index (κ3) is 6.84. The van der Waals surface area contributed by atoms with Crippen molar-refractivity contribution in [3.63, 3.8) is 0 Å². The van der Waals surface area contributed by atoms with Gasteiger partial charge in [0.15, 0.2) is 11.8 Å². The molecule has 0 fully saturated rings. The number of nitrogens with zero attached hydrogens (tertiary/aromatic N) is 1. The average Bonchev–Trinajstić information content (AvgIpc) is 2.36.